The third kappa shape index (κ3) is 1.70. The van der Waals surface area contributed by atoms with Crippen LogP contribution in [0.25, 0.3) is 10.9 Å². The molecule has 0 unspecified atom stereocenters. The van der Waals surface area contributed by atoms with E-state index in [9.17, 15) is 9.59 Å². The Morgan fingerprint density at radius 3 is 2.88 bits per heavy atom. The van der Waals surface area contributed by atoms with Crippen LogP contribution in [0.1, 0.15) is 0 Å². The molecule has 16 heavy (non-hydrogen) atoms. The molecule has 2 aromatic rings. The van der Waals surface area contributed by atoms with Gasteiger partial charge in [0.05, 0.1) is 17.6 Å². The number of H-pyrrole nitrogens is 1. The Labute approximate surface area is 99.2 Å². The van der Waals surface area contributed by atoms with Crippen LogP contribution in [0.2, 0.25) is 0 Å². The van der Waals surface area contributed by atoms with Crippen LogP contribution in [-0.4, -0.2) is 16.6 Å². The quantitative estimate of drug-likeness (QED) is 0.850. The largest absolute Gasteiger partial charge is 0.329 e. The van der Waals surface area contributed by atoms with Crippen LogP contribution in [0, 0.1) is 0 Å². The molecule has 6 heteroatoms. The SMILES string of the molecule is CNCn1c(=O)[nH]c2c(Br)cccc2c1=O. The number of nitrogens with zero attached hydrogens (tertiary/aromatic N) is 1. The van der Waals surface area contributed by atoms with Crippen LogP contribution < -0.4 is 16.6 Å². The van der Waals surface area contributed by atoms with E-state index >= 15 is 0 Å². The van der Waals surface area contributed by atoms with Gasteiger partial charge in [-0.2, -0.15) is 0 Å². The molecule has 1 aromatic heterocycles. The van der Waals surface area contributed by atoms with Gasteiger partial charge >= 0.3 is 5.69 Å². The minimum atomic E-state index is -0.418. The number of rotatable bonds is 2. The van der Waals surface area contributed by atoms with Crippen molar-refractivity contribution in [3.63, 3.8) is 0 Å². The molecule has 1 heterocycles. The first-order chi connectivity index (χ1) is 7.65. The van der Waals surface area contributed by atoms with E-state index in [0.717, 1.165) is 4.57 Å². The number of para-hydroxylation sites is 1. The van der Waals surface area contributed by atoms with E-state index in [1.807, 2.05) is 0 Å². The highest BCUT2D eigenvalue weighted by atomic mass is 79.9. The van der Waals surface area contributed by atoms with Gasteiger partial charge in [0, 0.05) is 4.47 Å². The molecule has 84 valence electrons. The zero-order valence-electron chi connectivity index (χ0n) is 8.58. The third-order valence-corrected chi connectivity index (χ3v) is 2.94. The Balaban J connectivity index is 2.90. The van der Waals surface area contributed by atoms with E-state index in [1.54, 1.807) is 25.2 Å². The zero-order valence-corrected chi connectivity index (χ0v) is 10.2. The molecule has 0 atom stereocenters. The summed E-state index contributed by atoms with van der Waals surface area (Å²) >= 11 is 3.29. The number of fused-ring (bicyclic) bond motifs is 1. The fourth-order valence-electron chi connectivity index (χ4n) is 1.54. The lowest BCUT2D eigenvalue weighted by molar-refractivity contribution is 0.573. The van der Waals surface area contributed by atoms with E-state index in [1.165, 1.54) is 0 Å². The van der Waals surface area contributed by atoms with E-state index < -0.39 is 5.69 Å². The highest BCUT2D eigenvalue weighted by molar-refractivity contribution is 9.10. The number of hydrogen-bond acceptors (Lipinski definition) is 3. The fourth-order valence-corrected chi connectivity index (χ4v) is 2.01. The Hall–Kier alpha value is -1.40. The molecule has 0 spiro atoms. The smallest absolute Gasteiger partial charge is 0.306 e. The predicted molar refractivity (Wildman–Crippen MR) is 65.6 cm³/mol. The number of aromatic amines is 1. The maximum atomic E-state index is 12.0. The molecule has 0 saturated carbocycles. The van der Waals surface area contributed by atoms with Crippen LogP contribution in [0.5, 0.6) is 0 Å². The van der Waals surface area contributed by atoms with Crippen molar-refractivity contribution >= 4 is 26.8 Å². The minimum absolute atomic E-state index is 0.191. The van der Waals surface area contributed by atoms with Gasteiger partial charge in [-0.05, 0) is 35.1 Å². The Morgan fingerprint density at radius 1 is 1.44 bits per heavy atom. The molecule has 0 radical (unpaired) electrons. The number of benzene rings is 1. The van der Waals surface area contributed by atoms with Gasteiger partial charge in [0.25, 0.3) is 5.56 Å². The highest BCUT2D eigenvalue weighted by Crippen LogP contribution is 2.17. The monoisotopic (exact) mass is 283 g/mol. The van der Waals surface area contributed by atoms with Gasteiger partial charge in [0.2, 0.25) is 0 Å². The lowest BCUT2D eigenvalue weighted by Crippen LogP contribution is -2.38. The zero-order chi connectivity index (χ0) is 11.7. The van der Waals surface area contributed by atoms with E-state index in [-0.39, 0.29) is 12.2 Å². The summed E-state index contributed by atoms with van der Waals surface area (Å²) in [5.41, 5.74) is -0.182. The molecule has 0 fully saturated rings. The molecule has 0 aliphatic carbocycles. The Bertz CT molecular complexity index is 645. The van der Waals surface area contributed by atoms with Crippen molar-refractivity contribution in [3.05, 3.63) is 43.5 Å². The first kappa shape index (κ1) is 11.1. The molecule has 2 N–H and O–H groups in total. The van der Waals surface area contributed by atoms with E-state index in [0.29, 0.717) is 15.4 Å². The van der Waals surface area contributed by atoms with Crippen molar-refractivity contribution in [3.8, 4) is 0 Å². The lowest BCUT2D eigenvalue weighted by atomic mass is 10.2. The summed E-state index contributed by atoms with van der Waals surface area (Å²) in [6.07, 6.45) is 0. The van der Waals surface area contributed by atoms with Crippen molar-refractivity contribution in [2.75, 3.05) is 7.05 Å². The fraction of sp³-hybridized carbons (Fsp3) is 0.200. The molecule has 0 bridgehead atoms. The number of nitrogens with one attached hydrogen (secondary N) is 2. The molecular formula is C10H10BrN3O2. The summed E-state index contributed by atoms with van der Waals surface area (Å²) in [6.45, 7) is 0.191. The minimum Gasteiger partial charge on any atom is -0.306 e. The number of aromatic nitrogens is 2. The van der Waals surface area contributed by atoms with Crippen LogP contribution in [0.3, 0.4) is 0 Å². The standard InChI is InChI=1S/C10H10BrN3O2/c1-12-5-14-9(15)6-3-2-4-7(11)8(6)13-10(14)16/h2-4,12H,5H2,1H3,(H,13,16). The van der Waals surface area contributed by atoms with Gasteiger partial charge in [0.15, 0.2) is 0 Å². The molecule has 5 nitrogen and oxygen atoms in total. The van der Waals surface area contributed by atoms with Gasteiger partial charge in [-0.15, -0.1) is 0 Å². The molecule has 0 aliphatic rings. The maximum absolute atomic E-state index is 12.0. The van der Waals surface area contributed by atoms with Gasteiger partial charge in [-0.25, -0.2) is 9.36 Å². The predicted octanol–water partition coefficient (Wildman–Crippen LogP) is 0.629. The van der Waals surface area contributed by atoms with E-state index in [2.05, 4.69) is 26.2 Å². The second-order valence-electron chi connectivity index (χ2n) is 3.34. The summed E-state index contributed by atoms with van der Waals surface area (Å²) in [5.74, 6) is 0. The Kier molecular flexibility index (Phi) is 2.93. The topological polar surface area (TPSA) is 66.9 Å². The van der Waals surface area contributed by atoms with Gasteiger partial charge in [-0.3, -0.25) is 4.79 Å². The maximum Gasteiger partial charge on any atom is 0.329 e. The summed E-state index contributed by atoms with van der Waals surface area (Å²) in [7, 11) is 1.68. The summed E-state index contributed by atoms with van der Waals surface area (Å²) in [6, 6.07) is 5.22. The normalized spacial score (nSPS) is 10.9. The van der Waals surface area contributed by atoms with E-state index in [4.69, 9.17) is 0 Å². The molecular weight excluding hydrogens is 274 g/mol. The Morgan fingerprint density at radius 2 is 2.19 bits per heavy atom. The van der Waals surface area contributed by atoms with Crippen LogP contribution in [-0.2, 0) is 6.67 Å². The van der Waals surface area contributed by atoms with Crippen molar-refractivity contribution in [1.29, 1.82) is 0 Å². The van der Waals surface area contributed by atoms with Crippen molar-refractivity contribution in [1.82, 2.24) is 14.9 Å². The highest BCUT2D eigenvalue weighted by Gasteiger charge is 2.08. The van der Waals surface area contributed by atoms with Gasteiger partial charge in [0.1, 0.15) is 0 Å². The van der Waals surface area contributed by atoms with Gasteiger partial charge in [-0.1, -0.05) is 6.07 Å². The first-order valence-corrected chi connectivity index (χ1v) is 5.50. The number of hydrogen-bond donors (Lipinski definition) is 2. The van der Waals surface area contributed by atoms with Crippen molar-refractivity contribution in [2.45, 2.75) is 6.67 Å². The third-order valence-electron chi connectivity index (χ3n) is 2.28. The summed E-state index contributed by atoms with van der Waals surface area (Å²) in [5, 5.41) is 3.27. The van der Waals surface area contributed by atoms with Crippen LogP contribution >= 0.6 is 15.9 Å². The number of halogens is 1. The molecule has 0 saturated heterocycles. The first-order valence-electron chi connectivity index (χ1n) is 4.71. The molecule has 1 aromatic carbocycles. The lowest BCUT2D eigenvalue weighted by Gasteiger charge is -2.05. The van der Waals surface area contributed by atoms with Gasteiger partial charge < -0.3 is 10.3 Å². The van der Waals surface area contributed by atoms with Crippen LogP contribution in [0.15, 0.2) is 32.3 Å². The molecule has 0 amide bonds. The summed E-state index contributed by atoms with van der Waals surface area (Å²) < 4.78 is 1.82. The average molecular weight is 284 g/mol. The van der Waals surface area contributed by atoms with Crippen molar-refractivity contribution in [2.24, 2.45) is 0 Å². The second kappa shape index (κ2) is 4.23. The van der Waals surface area contributed by atoms with Crippen molar-refractivity contribution < 1.29 is 0 Å². The molecule has 0 aliphatic heterocycles. The second-order valence-corrected chi connectivity index (χ2v) is 4.19. The summed E-state index contributed by atoms with van der Waals surface area (Å²) in [4.78, 5) is 26.3. The average Bonchev–Trinajstić information content (AvgIpc) is 2.26. The van der Waals surface area contributed by atoms with Crippen LogP contribution in [0.4, 0.5) is 0 Å². The molecule has 2 rings (SSSR count).